The number of nitrogens with one attached hydrogen (secondary N) is 2. The molecule has 156 valence electrons. The van der Waals surface area contributed by atoms with E-state index in [9.17, 15) is 13.2 Å². The van der Waals surface area contributed by atoms with Crippen LogP contribution in [0, 0.1) is 6.92 Å². The predicted octanol–water partition coefficient (Wildman–Crippen LogP) is 4.83. The van der Waals surface area contributed by atoms with Gasteiger partial charge in [-0.2, -0.15) is 4.72 Å². The molecule has 0 saturated heterocycles. The lowest BCUT2D eigenvalue weighted by Crippen LogP contribution is -2.45. The average molecular weight is 463 g/mol. The second kappa shape index (κ2) is 9.62. The fraction of sp³-hybridized carbons (Fsp3) is 0.136. The Bertz CT molecular complexity index is 1110. The summed E-state index contributed by atoms with van der Waals surface area (Å²) in [7, 11) is -3.93. The SMILES string of the molecule is Cc1ccc(S(=O)(=O)N[C@@H](Cc2ccccc2)C(=O)Nc2c(Cl)cccc2Cl)cc1. The van der Waals surface area contributed by atoms with E-state index in [0.717, 1.165) is 11.1 Å². The lowest BCUT2D eigenvalue weighted by atomic mass is 10.1. The first-order valence-corrected chi connectivity index (χ1v) is 11.4. The van der Waals surface area contributed by atoms with Crippen molar-refractivity contribution < 1.29 is 13.2 Å². The summed E-state index contributed by atoms with van der Waals surface area (Å²) in [6.07, 6.45) is 0.153. The fourth-order valence-corrected chi connectivity index (χ4v) is 4.53. The Balaban J connectivity index is 1.90. The number of aryl methyl sites for hydroxylation is 1. The molecular formula is C22H20Cl2N2O3S. The van der Waals surface area contributed by atoms with Crippen molar-refractivity contribution in [1.29, 1.82) is 0 Å². The molecule has 30 heavy (non-hydrogen) atoms. The number of benzene rings is 3. The van der Waals surface area contributed by atoms with Crippen molar-refractivity contribution in [3.63, 3.8) is 0 Å². The van der Waals surface area contributed by atoms with Crippen LogP contribution in [0.1, 0.15) is 11.1 Å². The van der Waals surface area contributed by atoms with Crippen molar-refractivity contribution in [3.8, 4) is 0 Å². The Morgan fingerprint density at radius 2 is 1.50 bits per heavy atom. The van der Waals surface area contributed by atoms with Crippen molar-refractivity contribution in [2.45, 2.75) is 24.3 Å². The predicted molar refractivity (Wildman–Crippen MR) is 121 cm³/mol. The highest BCUT2D eigenvalue weighted by Crippen LogP contribution is 2.30. The Kier molecular flexibility index (Phi) is 7.15. The van der Waals surface area contributed by atoms with Crippen LogP contribution in [-0.2, 0) is 21.2 Å². The second-order valence-electron chi connectivity index (χ2n) is 6.76. The number of sulfonamides is 1. The third-order valence-electron chi connectivity index (χ3n) is 4.44. The van der Waals surface area contributed by atoms with Gasteiger partial charge in [0, 0.05) is 0 Å². The molecule has 3 aromatic rings. The molecule has 5 nitrogen and oxygen atoms in total. The van der Waals surface area contributed by atoms with Gasteiger partial charge in [-0.15, -0.1) is 0 Å². The number of hydrogen-bond acceptors (Lipinski definition) is 3. The monoisotopic (exact) mass is 462 g/mol. The van der Waals surface area contributed by atoms with E-state index in [1.165, 1.54) is 12.1 Å². The molecular weight excluding hydrogens is 443 g/mol. The van der Waals surface area contributed by atoms with Gasteiger partial charge in [0.25, 0.3) is 0 Å². The molecule has 0 bridgehead atoms. The Morgan fingerprint density at radius 1 is 0.900 bits per heavy atom. The molecule has 8 heteroatoms. The van der Waals surface area contributed by atoms with E-state index in [1.54, 1.807) is 30.3 Å². The molecule has 0 heterocycles. The van der Waals surface area contributed by atoms with Crippen LogP contribution in [0.3, 0.4) is 0 Å². The molecule has 0 unspecified atom stereocenters. The zero-order valence-electron chi connectivity index (χ0n) is 16.1. The summed E-state index contributed by atoms with van der Waals surface area (Å²) in [4.78, 5) is 13.1. The van der Waals surface area contributed by atoms with Gasteiger partial charge in [-0.1, -0.05) is 77.3 Å². The van der Waals surface area contributed by atoms with Crippen molar-refractivity contribution >= 4 is 44.8 Å². The molecule has 0 aliphatic carbocycles. The largest absolute Gasteiger partial charge is 0.322 e. The Morgan fingerprint density at radius 3 is 2.10 bits per heavy atom. The lowest BCUT2D eigenvalue weighted by molar-refractivity contribution is -0.117. The maximum absolute atomic E-state index is 13.0. The number of amides is 1. The van der Waals surface area contributed by atoms with Crippen LogP contribution in [0.2, 0.25) is 10.0 Å². The van der Waals surface area contributed by atoms with Crippen molar-refractivity contribution in [2.24, 2.45) is 0 Å². The van der Waals surface area contributed by atoms with Gasteiger partial charge in [-0.05, 0) is 43.2 Å². The molecule has 0 radical (unpaired) electrons. The summed E-state index contributed by atoms with van der Waals surface area (Å²) in [5.41, 5.74) is 1.97. The quantitative estimate of drug-likeness (QED) is 0.527. The van der Waals surface area contributed by atoms with Crippen molar-refractivity contribution in [2.75, 3.05) is 5.32 Å². The summed E-state index contributed by atoms with van der Waals surface area (Å²) >= 11 is 12.3. The zero-order valence-corrected chi connectivity index (χ0v) is 18.4. The van der Waals surface area contributed by atoms with Gasteiger partial charge in [-0.25, -0.2) is 8.42 Å². The number of hydrogen-bond donors (Lipinski definition) is 2. The second-order valence-corrected chi connectivity index (χ2v) is 9.29. The summed E-state index contributed by atoms with van der Waals surface area (Å²) < 4.78 is 28.3. The van der Waals surface area contributed by atoms with Crippen molar-refractivity contribution in [1.82, 2.24) is 4.72 Å². The molecule has 3 aromatic carbocycles. The van der Waals surface area contributed by atoms with Crippen LogP contribution >= 0.6 is 23.2 Å². The van der Waals surface area contributed by atoms with Crippen LogP contribution in [0.5, 0.6) is 0 Å². The van der Waals surface area contributed by atoms with Gasteiger partial charge in [0.1, 0.15) is 6.04 Å². The normalized spacial score (nSPS) is 12.4. The van der Waals surface area contributed by atoms with Gasteiger partial charge in [0.05, 0.1) is 20.6 Å². The minimum Gasteiger partial charge on any atom is -0.322 e. The minimum absolute atomic E-state index is 0.0785. The number of carbonyl (C=O) groups excluding carboxylic acids is 1. The van der Waals surface area contributed by atoms with E-state index in [0.29, 0.717) is 0 Å². The van der Waals surface area contributed by atoms with E-state index in [-0.39, 0.29) is 27.0 Å². The molecule has 3 rings (SSSR count). The first-order chi connectivity index (χ1) is 14.3. The van der Waals surface area contributed by atoms with Crippen LogP contribution in [0.15, 0.2) is 77.7 Å². The molecule has 0 fully saturated rings. The third kappa shape index (κ3) is 5.61. The molecule has 2 N–H and O–H groups in total. The molecule has 0 saturated carbocycles. The first-order valence-electron chi connectivity index (χ1n) is 9.14. The third-order valence-corrected chi connectivity index (χ3v) is 6.56. The number of rotatable bonds is 7. The minimum atomic E-state index is -3.93. The van der Waals surface area contributed by atoms with Gasteiger partial charge in [0.15, 0.2) is 0 Å². The van der Waals surface area contributed by atoms with Crippen LogP contribution in [0.4, 0.5) is 5.69 Å². The van der Waals surface area contributed by atoms with Gasteiger partial charge in [0.2, 0.25) is 15.9 Å². The summed E-state index contributed by atoms with van der Waals surface area (Å²) in [6.45, 7) is 1.86. The highest BCUT2D eigenvalue weighted by molar-refractivity contribution is 7.89. The topological polar surface area (TPSA) is 75.3 Å². The van der Waals surface area contributed by atoms with E-state index in [1.807, 2.05) is 37.3 Å². The Hall–Kier alpha value is -2.38. The number of para-hydroxylation sites is 1. The van der Waals surface area contributed by atoms with E-state index >= 15 is 0 Å². The Labute approximate surface area is 186 Å². The maximum atomic E-state index is 13.0. The maximum Gasteiger partial charge on any atom is 0.242 e. The van der Waals surface area contributed by atoms with E-state index in [4.69, 9.17) is 23.2 Å². The van der Waals surface area contributed by atoms with E-state index in [2.05, 4.69) is 10.0 Å². The standard InChI is InChI=1S/C22H20Cl2N2O3S/c1-15-10-12-17(13-11-15)30(28,29)26-20(14-16-6-3-2-4-7-16)22(27)25-21-18(23)8-5-9-19(21)24/h2-13,20,26H,14H2,1H3,(H,25,27)/t20-/m0/s1. The molecule has 0 aliphatic heterocycles. The summed E-state index contributed by atoms with van der Waals surface area (Å²) in [6, 6.07) is 19.3. The molecule has 1 atom stereocenters. The van der Waals surface area contributed by atoms with Crippen molar-refractivity contribution in [3.05, 3.63) is 94.0 Å². The number of anilines is 1. The van der Waals surface area contributed by atoms with Crippen LogP contribution < -0.4 is 10.0 Å². The van der Waals surface area contributed by atoms with Crippen LogP contribution in [0.25, 0.3) is 0 Å². The molecule has 0 spiro atoms. The molecule has 0 aliphatic rings. The van der Waals surface area contributed by atoms with Gasteiger partial charge >= 0.3 is 0 Å². The van der Waals surface area contributed by atoms with E-state index < -0.39 is 22.0 Å². The van der Waals surface area contributed by atoms with Gasteiger partial charge < -0.3 is 5.32 Å². The zero-order chi connectivity index (χ0) is 21.7. The lowest BCUT2D eigenvalue weighted by Gasteiger charge is -2.20. The van der Waals surface area contributed by atoms with Crippen LogP contribution in [-0.4, -0.2) is 20.4 Å². The van der Waals surface area contributed by atoms with Gasteiger partial charge in [-0.3, -0.25) is 4.79 Å². The highest BCUT2D eigenvalue weighted by Gasteiger charge is 2.27. The highest BCUT2D eigenvalue weighted by atomic mass is 35.5. The first kappa shape index (κ1) is 22.3. The smallest absolute Gasteiger partial charge is 0.242 e. The average Bonchev–Trinajstić information content (AvgIpc) is 2.71. The summed E-state index contributed by atoms with van der Waals surface area (Å²) in [5, 5.41) is 3.17. The summed E-state index contributed by atoms with van der Waals surface area (Å²) in [5.74, 6) is -0.565. The fourth-order valence-electron chi connectivity index (χ4n) is 2.84. The number of carbonyl (C=O) groups is 1. The molecule has 1 amide bonds. The number of halogens is 2. The molecule has 0 aromatic heterocycles.